The van der Waals surface area contributed by atoms with Crippen LogP contribution in [0.1, 0.15) is 96.7 Å². The van der Waals surface area contributed by atoms with Crippen LogP contribution in [-0.4, -0.2) is 15.2 Å². The molecule has 0 bridgehead atoms. The van der Waals surface area contributed by atoms with Crippen molar-refractivity contribution >= 4 is 0 Å². The van der Waals surface area contributed by atoms with Gasteiger partial charge in [0, 0.05) is 22.7 Å². The fourth-order valence-corrected chi connectivity index (χ4v) is 6.41. The number of alkyl halides is 3. The van der Waals surface area contributed by atoms with Crippen molar-refractivity contribution in [3.8, 4) is 11.1 Å². The van der Waals surface area contributed by atoms with Gasteiger partial charge in [0.2, 0.25) is 0 Å². The van der Waals surface area contributed by atoms with Gasteiger partial charge in [-0.1, -0.05) is 37.1 Å². The van der Waals surface area contributed by atoms with Gasteiger partial charge in [-0.2, -0.15) is 13.2 Å². The van der Waals surface area contributed by atoms with Gasteiger partial charge in [0.15, 0.2) is 0 Å². The van der Waals surface area contributed by atoms with Crippen LogP contribution in [0.15, 0.2) is 48.5 Å². The van der Waals surface area contributed by atoms with Crippen LogP contribution in [-0.2, 0) is 12.6 Å². The Morgan fingerprint density at radius 3 is 2.19 bits per heavy atom. The maximum atomic E-state index is 13.9. The van der Waals surface area contributed by atoms with E-state index in [2.05, 4.69) is 0 Å². The van der Waals surface area contributed by atoms with Crippen molar-refractivity contribution in [3.05, 3.63) is 88.0 Å². The minimum absolute atomic E-state index is 0.0694. The van der Waals surface area contributed by atoms with Crippen LogP contribution in [0.5, 0.6) is 0 Å². The SMILES string of the molecule is OC1CC2(CC2)Cc2nc(C3CCCC3)c(C(O)c3ccc(C(F)(F)F)cc3)c(-c3ccc(F)cc3)c21. The summed E-state index contributed by atoms with van der Waals surface area (Å²) in [6.45, 7) is 0. The molecule has 6 rings (SSSR count). The molecule has 2 aromatic carbocycles. The molecule has 2 saturated carbocycles. The van der Waals surface area contributed by atoms with Crippen LogP contribution in [0.25, 0.3) is 11.1 Å². The van der Waals surface area contributed by atoms with E-state index in [0.717, 1.165) is 68.5 Å². The lowest BCUT2D eigenvalue weighted by atomic mass is 9.75. The van der Waals surface area contributed by atoms with Gasteiger partial charge in [-0.25, -0.2) is 4.39 Å². The Morgan fingerprint density at radius 2 is 1.59 bits per heavy atom. The quantitative estimate of drug-likeness (QED) is 0.359. The zero-order valence-electron chi connectivity index (χ0n) is 20.4. The minimum atomic E-state index is -4.48. The Morgan fingerprint density at radius 1 is 0.946 bits per heavy atom. The Hall–Kier alpha value is -2.77. The second-order valence-corrected chi connectivity index (χ2v) is 11.1. The predicted octanol–water partition coefficient (Wildman–Crippen LogP) is 7.41. The van der Waals surface area contributed by atoms with Gasteiger partial charge in [0.25, 0.3) is 0 Å². The van der Waals surface area contributed by atoms with E-state index in [9.17, 15) is 27.8 Å². The maximum absolute atomic E-state index is 13.9. The molecule has 1 heterocycles. The van der Waals surface area contributed by atoms with E-state index in [0.29, 0.717) is 34.2 Å². The summed E-state index contributed by atoms with van der Waals surface area (Å²) in [6, 6.07) is 10.5. The first-order valence-electron chi connectivity index (χ1n) is 13.0. The van der Waals surface area contributed by atoms with Crippen molar-refractivity contribution < 1.29 is 27.8 Å². The van der Waals surface area contributed by atoms with Crippen LogP contribution in [0.2, 0.25) is 0 Å². The number of fused-ring (bicyclic) bond motifs is 1. The summed E-state index contributed by atoms with van der Waals surface area (Å²) < 4.78 is 53.5. The highest BCUT2D eigenvalue weighted by Crippen LogP contribution is 2.59. The van der Waals surface area contributed by atoms with Gasteiger partial charge in [0.1, 0.15) is 11.9 Å². The van der Waals surface area contributed by atoms with Gasteiger partial charge in [-0.05, 0) is 84.9 Å². The zero-order valence-corrected chi connectivity index (χ0v) is 20.4. The smallest absolute Gasteiger partial charge is 0.388 e. The molecule has 3 nitrogen and oxygen atoms in total. The predicted molar refractivity (Wildman–Crippen MR) is 131 cm³/mol. The van der Waals surface area contributed by atoms with Crippen molar-refractivity contribution in [2.24, 2.45) is 5.41 Å². The second-order valence-electron chi connectivity index (χ2n) is 11.1. The number of nitrogens with zero attached hydrogens (tertiary/aromatic N) is 1. The number of halogens is 4. The monoisotopic (exact) mass is 511 g/mol. The summed E-state index contributed by atoms with van der Waals surface area (Å²) in [5.74, 6) is -0.289. The molecule has 3 aromatic rings. The largest absolute Gasteiger partial charge is 0.416 e. The molecule has 7 heteroatoms. The molecule has 0 amide bonds. The Kier molecular flexibility index (Phi) is 5.92. The number of hydrogen-bond acceptors (Lipinski definition) is 3. The van der Waals surface area contributed by atoms with Crippen molar-refractivity contribution in [1.82, 2.24) is 4.98 Å². The Bertz CT molecular complexity index is 1310. The van der Waals surface area contributed by atoms with Gasteiger partial charge in [-0.15, -0.1) is 0 Å². The van der Waals surface area contributed by atoms with Crippen LogP contribution >= 0.6 is 0 Å². The van der Waals surface area contributed by atoms with Gasteiger partial charge in [-0.3, -0.25) is 4.98 Å². The number of aromatic nitrogens is 1. The highest BCUT2D eigenvalue weighted by atomic mass is 19.4. The van der Waals surface area contributed by atoms with Gasteiger partial charge >= 0.3 is 6.18 Å². The lowest BCUT2D eigenvalue weighted by Crippen LogP contribution is -2.25. The van der Waals surface area contributed by atoms with E-state index in [4.69, 9.17) is 4.98 Å². The summed E-state index contributed by atoms with van der Waals surface area (Å²) in [6.07, 6.45) is 0.846. The maximum Gasteiger partial charge on any atom is 0.416 e. The Labute approximate surface area is 213 Å². The van der Waals surface area contributed by atoms with Crippen LogP contribution in [0, 0.1) is 11.2 Å². The summed E-state index contributed by atoms with van der Waals surface area (Å²) in [5.41, 5.74) is 3.67. The van der Waals surface area contributed by atoms with E-state index in [1.807, 2.05) is 0 Å². The number of rotatable bonds is 4. The first-order valence-corrected chi connectivity index (χ1v) is 13.0. The van der Waals surface area contributed by atoms with Crippen LogP contribution in [0.3, 0.4) is 0 Å². The van der Waals surface area contributed by atoms with Crippen molar-refractivity contribution in [1.29, 1.82) is 0 Å². The third-order valence-electron chi connectivity index (χ3n) is 8.54. The first kappa shape index (κ1) is 24.6. The number of hydrogen-bond donors (Lipinski definition) is 2. The third-order valence-corrected chi connectivity index (χ3v) is 8.54. The molecule has 1 aromatic heterocycles. The van der Waals surface area contributed by atoms with Crippen LogP contribution in [0.4, 0.5) is 17.6 Å². The minimum Gasteiger partial charge on any atom is -0.388 e. The molecular weight excluding hydrogens is 482 g/mol. The lowest BCUT2D eigenvalue weighted by Gasteiger charge is -2.34. The zero-order chi connectivity index (χ0) is 25.9. The van der Waals surface area contributed by atoms with Crippen molar-refractivity contribution in [2.75, 3.05) is 0 Å². The molecule has 1 spiro atoms. The lowest BCUT2D eigenvalue weighted by molar-refractivity contribution is -0.137. The number of pyridine rings is 1. The molecule has 0 radical (unpaired) electrons. The number of benzene rings is 2. The van der Waals surface area contributed by atoms with E-state index >= 15 is 0 Å². The molecule has 3 aliphatic carbocycles. The molecule has 0 aliphatic heterocycles. The molecule has 0 saturated heterocycles. The standard InChI is InChI=1S/C30H29F4NO2/c31-21-11-7-17(8-12-21)24-25-22(15-29(13-14-29)16-23(25)36)35-27(18-3-1-2-4-18)26(24)28(37)19-5-9-20(10-6-19)30(32,33)34/h5-12,18,23,28,36-37H,1-4,13-16H2. The second kappa shape index (κ2) is 8.91. The van der Waals surface area contributed by atoms with E-state index < -0.39 is 29.8 Å². The molecular formula is C30H29F4NO2. The number of aliphatic hydroxyl groups is 2. The van der Waals surface area contributed by atoms with Gasteiger partial charge < -0.3 is 10.2 Å². The topological polar surface area (TPSA) is 53.4 Å². The average molecular weight is 512 g/mol. The van der Waals surface area contributed by atoms with Crippen LogP contribution < -0.4 is 0 Å². The van der Waals surface area contributed by atoms with Gasteiger partial charge in [0.05, 0.1) is 17.4 Å². The first-order chi connectivity index (χ1) is 17.7. The summed E-state index contributed by atoms with van der Waals surface area (Å²) >= 11 is 0. The molecule has 194 valence electrons. The average Bonchev–Trinajstić information content (AvgIpc) is 3.37. The van der Waals surface area contributed by atoms with Crippen molar-refractivity contribution in [3.63, 3.8) is 0 Å². The molecule has 3 aliphatic rings. The fourth-order valence-electron chi connectivity index (χ4n) is 6.41. The summed E-state index contributed by atoms with van der Waals surface area (Å²) in [5, 5.41) is 23.1. The van der Waals surface area contributed by atoms with Crippen molar-refractivity contribution in [2.45, 2.75) is 75.7 Å². The van der Waals surface area contributed by atoms with E-state index in [1.54, 1.807) is 12.1 Å². The third kappa shape index (κ3) is 4.46. The summed E-state index contributed by atoms with van der Waals surface area (Å²) in [4.78, 5) is 5.11. The molecule has 2 atom stereocenters. The molecule has 37 heavy (non-hydrogen) atoms. The molecule has 2 unspecified atom stereocenters. The number of aliphatic hydroxyl groups excluding tert-OH is 2. The highest BCUT2D eigenvalue weighted by molar-refractivity contribution is 5.75. The molecule has 2 fully saturated rings. The Balaban J connectivity index is 1.58. The van der Waals surface area contributed by atoms with E-state index in [-0.39, 0.29) is 11.3 Å². The highest BCUT2D eigenvalue weighted by Gasteiger charge is 2.49. The van der Waals surface area contributed by atoms with E-state index in [1.165, 1.54) is 24.3 Å². The molecule has 2 N–H and O–H groups in total. The summed E-state index contributed by atoms with van der Waals surface area (Å²) in [7, 11) is 0. The normalized spacial score (nSPS) is 21.7. The fraction of sp³-hybridized carbons (Fsp3) is 0.433.